The van der Waals surface area contributed by atoms with Crippen LogP contribution in [0.5, 0.6) is 0 Å². The van der Waals surface area contributed by atoms with Crippen LogP contribution in [0, 0.1) is 0 Å². The lowest BCUT2D eigenvalue weighted by Crippen LogP contribution is -2.35. The zero-order valence-corrected chi connectivity index (χ0v) is 13.1. The van der Waals surface area contributed by atoms with Crippen LogP contribution in [0.3, 0.4) is 0 Å². The number of carbonyl (C=O) groups is 1. The standard InChI is InChI=1S/C14H18ClNO4S/c15-11-3-5-13(6-4-11)21(19,20)9-8-16-7-1-2-12(16)10-14(17)18/h3-6,12H,1-2,7-10H2,(H,17,18). The molecular formula is C14H18ClNO4S. The lowest BCUT2D eigenvalue weighted by Gasteiger charge is -2.22. The van der Waals surface area contributed by atoms with E-state index in [0.29, 0.717) is 11.6 Å². The number of nitrogens with zero attached hydrogens (tertiary/aromatic N) is 1. The molecule has 1 unspecified atom stereocenters. The number of carboxylic acids is 1. The largest absolute Gasteiger partial charge is 0.481 e. The molecule has 0 aromatic heterocycles. The van der Waals surface area contributed by atoms with E-state index in [0.717, 1.165) is 19.4 Å². The minimum absolute atomic E-state index is 0.00918. The van der Waals surface area contributed by atoms with Crippen molar-refractivity contribution in [2.45, 2.75) is 30.2 Å². The molecule has 0 saturated carbocycles. The van der Waals surface area contributed by atoms with Crippen LogP contribution in [0.25, 0.3) is 0 Å². The second-order valence-electron chi connectivity index (χ2n) is 5.20. The Morgan fingerprint density at radius 2 is 2.00 bits per heavy atom. The van der Waals surface area contributed by atoms with Crippen LogP contribution in [0.1, 0.15) is 19.3 Å². The van der Waals surface area contributed by atoms with Crippen LogP contribution in [0.4, 0.5) is 0 Å². The number of sulfone groups is 1. The van der Waals surface area contributed by atoms with Gasteiger partial charge in [0.05, 0.1) is 17.1 Å². The molecule has 2 rings (SSSR count). The molecule has 0 bridgehead atoms. The smallest absolute Gasteiger partial charge is 0.304 e. The van der Waals surface area contributed by atoms with Gasteiger partial charge in [-0.1, -0.05) is 11.6 Å². The first-order valence-electron chi connectivity index (χ1n) is 6.82. The number of benzene rings is 1. The summed E-state index contributed by atoms with van der Waals surface area (Å²) in [6.07, 6.45) is 1.80. The third kappa shape index (κ3) is 4.43. The van der Waals surface area contributed by atoms with Gasteiger partial charge in [-0.3, -0.25) is 9.69 Å². The van der Waals surface area contributed by atoms with Gasteiger partial charge in [0, 0.05) is 17.6 Å². The highest BCUT2D eigenvalue weighted by Crippen LogP contribution is 2.21. The minimum Gasteiger partial charge on any atom is -0.481 e. The SMILES string of the molecule is O=C(O)CC1CCCN1CCS(=O)(=O)c1ccc(Cl)cc1. The summed E-state index contributed by atoms with van der Waals surface area (Å²) in [6.45, 7) is 1.12. The van der Waals surface area contributed by atoms with E-state index in [-0.39, 0.29) is 23.1 Å². The Balaban J connectivity index is 1.98. The van der Waals surface area contributed by atoms with E-state index in [9.17, 15) is 13.2 Å². The van der Waals surface area contributed by atoms with Crippen molar-refractivity contribution in [3.63, 3.8) is 0 Å². The van der Waals surface area contributed by atoms with Crippen LogP contribution in [-0.2, 0) is 14.6 Å². The lowest BCUT2D eigenvalue weighted by molar-refractivity contribution is -0.138. The first-order chi connectivity index (χ1) is 9.88. The Kier molecular flexibility index (Phi) is 5.24. The van der Waals surface area contributed by atoms with E-state index in [2.05, 4.69) is 0 Å². The molecule has 1 aliphatic rings. The molecule has 1 aromatic rings. The summed E-state index contributed by atoms with van der Waals surface area (Å²) in [7, 11) is -3.36. The second-order valence-corrected chi connectivity index (χ2v) is 7.75. The van der Waals surface area contributed by atoms with Crippen LogP contribution in [0.2, 0.25) is 5.02 Å². The summed E-state index contributed by atoms with van der Waals surface area (Å²) in [6, 6.07) is 6.05. The number of carboxylic acid groups (broad SMARTS) is 1. The van der Waals surface area contributed by atoms with Gasteiger partial charge >= 0.3 is 5.97 Å². The van der Waals surface area contributed by atoms with Crippen molar-refractivity contribution in [3.8, 4) is 0 Å². The Bertz CT molecular complexity index is 600. The van der Waals surface area contributed by atoms with E-state index in [1.54, 1.807) is 12.1 Å². The highest BCUT2D eigenvalue weighted by Gasteiger charge is 2.27. The summed E-state index contributed by atoms with van der Waals surface area (Å²) in [5.74, 6) is -0.849. The maximum Gasteiger partial charge on any atom is 0.304 e. The fraction of sp³-hybridized carbons (Fsp3) is 0.500. The zero-order valence-electron chi connectivity index (χ0n) is 11.5. The number of hydrogen-bond acceptors (Lipinski definition) is 4. The molecule has 0 radical (unpaired) electrons. The fourth-order valence-electron chi connectivity index (χ4n) is 2.62. The van der Waals surface area contributed by atoms with Crippen LogP contribution >= 0.6 is 11.6 Å². The van der Waals surface area contributed by atoms with Gasteiger partial charge < -0.3 is 5.11 Å². The first kappa shape index (κ1) is 16.3. The highest BCUT2D eigenvalue weighted by molar-refractivity contribution is 7.91. The van der Waals surface area contributed by atoms with Gasteiger partial charge in [0.1, 0.15) is 0 Å². The monoisotopic (exact) mass is 331 g/mol. The van der Waals surface area contributed by atoms with Crippen molar-refractivity contribution in [3.05, 3.63) is 29.3 Å². The molecule has 1 aromatic carbocycles. The molecule has 116 valence electrons. The quantitative estimate of drug-likeness (QED) is 0.863. The van der Waals surface area contributed by atoms with Crippen molar-refractivity contribution in [1.29, 1.82) is 0 Å². The van der Waals surface area contributed by atoms with Gasteiger partial charge in [-0.15, -0.1) is 0 Å². The van der Waals surface area contributed by atoms with E-state index < -0.39 is 15.8 Å². The maximum atomic E-state index is 12.2. The van der Waals surface area contributed by atoms with E-state index in [4.69, 9.17) is 16.7 Å². The zero-order chi connectivity index (χ0) is 15.5. The summed E-state index contributed by atoms with van der Waals surface area (Å²) < 4.78 is 24.5. The van der Waals surface area contributed by atoms with Gasteiger partial charge in [-0.2, -0.15) is 0 Å². The number of likely N-dealkylation sites (tertiary alicyclic amines) is 1. The van der Waals surface area contributed by atoms with Gasteiger partial charge in [-0.05, 0) is 43.7 Å². The molecular weight excluding hydrogens is 314 g/mol. The fourth-order valence-corrected chi connectivity index (χ4v) is 4.01. The van der Waals surface area contributed by atoms with E-state index >= 15 is 0 Å². The second kappa shape index (κ2) is 6.77. The molecule has 0 spiro atoms. The van der Waals surface area contributed by atoms with E-state index in [1.807, 2.05) is 4.90 Å². The van der Waals surface area contributed by atoms with Gasteiger partial charge in [0.15, 0.2) is 9.84 Å². The van der Waals surface area contributed by atoms with Gasteiger partial charge in [0.25, 0.3) is 0 Å². The molecule has 5 nitrogen and oxygen atoms in total. The normalized spacial score (nSPS) is 19.8. The Labute approximate surface area is 129 Å². The number of halogens is 1. The number of aliphatic carboxylic acids is 1. The Morgan fingerprint density at radius 3 is 2.62 bits per heavy atom. The van der Waals surface area contributed by atoms with Crippen molar-refractivity contribution < 1.29 is 18.3 Å². The Morgan fingerprint density at radius 1 is 1.33 bits per heavy atom. The summed E-state index contributed by atoms with van der Waals surface area (Å²) in [5.41, 5.74) is 0. The number of rotatable bonds is 6. The maximum absolute atomic E-state index is 12.2. The first-order valence-corrected chi connectivity index (χ1v) is 8.86. The average Bonchev–Trinajstić information content (AvgIpc) is 2.83. The molecule has 1 heterocycles. The minimum atomic E-state index is -3.36. The molecule has 0 aliphatic carbocycles. The topological polar surface area (TPSA) is 74.7 Å². The molecule has 1 saturated heterocycles. The third-order valence-electron chi connectivity index (χ3n) is 3.73. The highest BCUT2D eigenvalue weighted by atomic mass is 35.5. The molecule has 0 amide bonds. The average molecular weight is 332 g/mol. The summed E-state index contributed by atoms with van der Waals surface area (Å²) >= 11 is 5.75. The third-order valence-corrected chi connectivity index (χ3v) is 5.69. The predicted molar refractivity (Wildman–Crippen MR) is 80.4 cm³/mol. The molecule has 1 atom stereocenters. The molecule has 1 fully saturated rings. The lowest BCUT2D eigenvalue weighted by atomic mass is 10.1. The van der Waals surface area contributed by atoms with E-state index in [1.165, 1.54) is 12.1 Å². The van der Waals surface area contributed by atoms with Crippen LogP contribution < -0.4 is 0 Å². The van der Waals surface area contributed by atoms with Gasteiger partial charge in [-0.25, -0.2) is 8.42 Å². The molecule has 1 N–H and O–H groups in total. The predicted octanol–water partition coefficient (Wildman–Crippen LogP) is 2.05. The van der Waals surface area contributed by atoms with Gasteiger partial charge in [0.2, 0.25) is 0 Å². The van der Waals surface area contributed by atoms with Crippen molar-refractivity contribution in [2.24, 2.45) is 0 Å². The Hall–Kier alpha value is -1.11. The molecule has 21 heavy (non-hydrogen) atoms. The molecule has 1 aliphatic heterocycles. The van der Waals surface area contributed by atoms with Crippen molar-refractivity contribution in [2.75, 3.05) is 18.8 Å². The summed E-state index contributed by atoms with van der Waals surface area (Å²) in [5, 5.41) is 9.36. The van der Waals surface area contributed by atoms with Crippen LogP contribution in [-0.4, -0.2) is 49.3 Å². The summed E-state index contributed by atoms with van der Waals surface area (Å²) in [4.78, 5) is 13.0. The van der Waals surface area contributed by atoms with Crippen LogP contribution in [0.15, 0.2) is 29.2 Å². The van der Waals surface area contributed by atoms with Crippen molar-refractivity contribution >= 4 is 27.4 Å². The molecule has 7 heteroatoms. The number of hydrogen-bond donors (Lipinski definition) is 1. The van der Waals surface area contributed by atoms with Crippen molar-refractivity contribution in [1.82, 2.24) is 4.90 Å².